The number of rotatable bonds is 3. The summed E-state index contributed by atoms with van der Waals surface area (Å²) >= 11 is 0. The first-order chi connectivity index (χ1) is 8.58. The molecule has 0 nitrogen and oxygen atoms in total. The summed E-state index contributed by atoms with van der Waals surface area (Å²) in [5.74, 6) is 0.184. The molecule has 0 N–H and O–H groups in total. The Hall–Kier alpha value is -0.920. The standard InChI is InChI=1S/C16H22F2/c1-11-3-6-13(7-4-11)8-9-14-12(2)5-10-15(17)16(14)18/h5,10-11,13H,3-4,6-9H2,1-2H3. The van der Waals surface area contributed by atoms with E-state index in [1.165, 1.54) is 31.7 Å². The molecule has 0 amide bonds. The first kappa shape index (κ1) is 13.5. The molecule has 0 saturated heterocycles. The summed E-state index contributed by atoms with van der Waals surface area (Å²) in [4.78, 5) is 0. The maximum absolute atomic E-state index is 13.7. The van der Waals surface area contributed by atoms with Crippen molar-refractivity contribution >= 4 is 0 Å². The second kappa shape index (κ2) is 5.81. The van der Waals surface area contributed by atoms with Gasteiger partial charge in [-0.15, -0.1) is 0 Å². The lowest BCUT2D eigenvalue weighted by atomic mass is 9.80. The molecular formula is C16H22F2. The Morgan fingerprint density at radius 3 is 2.44 bits per heavy atom. The summed E-state index contributed by atoms with van der Waals surface area (Å²) in [6.45, 7) is 4.16. The Morgan fingerprint density at radius 2 is 1.78 bits per heavy atom. The van der Waals surface area contributed by atoms with E-state index in [0.29, 0.717) is 17.9 Å². The fourth-order valence-corrected chi connectivity index (χ4v) is 2.96. The molecule has 0 radical (unpaired) electrons. The van der Waals surface area contributed by atoms with Gasteiger partial charge in [-0.25, -0.2) is 8.78 Å². The van der Waals surface area contributed by atoms with E-state index in [4.69, 9.17) is 0 Å². The zero-order valence-electron chi connectivity index (χ0n) is 11.3. The van der Waals surface area contributed by atoms with Gasteiger partial charge < -0.3 is 0 Å². The topological polar surface area (TPSA) is 0 Å². The maximum Gasteiger partial charge on any atom is 0.162 e. The quantitative estimate of drug-likeness (QED) is 0.707. The van der Waals surface area contributed by atoms with Crippen molar-refractivity contribution in [3.05, 3.63) is 34.9 Å². The Kier molecular flexibility index (Phi) is 4.36. The van der Waals surface area contributed by atoms with E-state index in [0.717, 1.165) is 17.9 Å². The predicted molar refractivity (Wildman–Crippen MR) is 70.5 cm³/mol. The van der Waals surface area contributed by atoms with E-state index in [2.05, 4.69) is 6.92 Å². The van der Waals surface area contributed by atoms with E-state index in [9.17, 15) is 8.78 Å². The van der Waals surface area contributed by atoms with E-state index in [-0.39, 0.29) is 0 Å². The van der Waals surface area contributed by atoms with Gasteiger partial charge in [-0.05, 0) is 48.8 Å². The molecule has 0 bridgehead atoms. The zero-order valence-corrected chi connectivity index (χ0v) is 11.3. The van der Waals surface area contributed by atoms with Gasteiger partial charge >= 0.3 is 0 Å². The molecule has 0 aromatic heterocycles. The molecule has 100 valence electrons. The second-order valence-electron chi connectivity index (χ2n) is 5.82. The molecule has 1 aliphatic carbocycles. The van der Waals surface area contributed by atoms with Crippen LogP contribution in [0.5, 0.6) is 0 Å². The predicted octanol–water partition coefficient (Wildman–Crippen LogP) is 5.03. The van der Waals surface area contributed by atoms with Gasteiger partial charge in [-0.1, -0.05) is 38.7 Å². The fraction of sp³-hybridized carbons (Fsp3) is 0.625. The van der Waals surface area contributed by atoms with Crippen molar-refractivity contribution < 1.29 is 8.78 Å². The largest absolute Gasteiger partial charge is 0.204 e. The molecule has 0 atom stereocenters. The molecule has 0 aliphatic heterocycles. The normalized spacial score (nSPS) is 24.2. The number of benzene rings is 1. The molecule has 1 aromatic rings. The highest BCUT2D eigenvalue weighted by Gasteiger charge is 2.19. The van der Waals surface area contributed by atoms with Crippen molar-refractivity contribution in [2.45, 2.75) is 52.4 Å². The van der Waals surface area contributed by atoms with Crippen LogP contribution in [0.4, 0.5) is 8.78 Å². The molecule has 0 spiro atoms. The Bertz CT molecular complexity index is 404. The van der Waals surface area contributed by atoms with Crippen molar-refractivity contribution in [3.63, 3.8) is 0 Å². The lowest BCUT2D eigenvalue weighted by Gasteiger charge is -2.26. The van der Waals surface area contributed by atoms with Gasteiger partial charge in [0.15, 0.2) is 11.6 Å². The van der Waals surface area contributed by atoms with Gasteiger partial charge in [0.2, 0.25) is 0 Å². The molecule has 0 heterocycles. The molecule has 1 aliphatic rings. The molecule has 18 heavy (non-hydrogen) atoms. The Labute approximate surface area is 108 Å². The van der Waals surface area contributed by atoms with E-state index >= 15 is 0 Å². The minimum atomic E-state index is -0.715. The minimum Gasteiger partial charge on any atom is -0.204 e. The average molecular weight is 252 g/mol. The van der Waals surface area contributed by atoms with E-state index in [1.807, 2.05) is 6.92 Å². The molecule has 1 fully saturated rings. The van der Waals surface area contributed by atoms with Crippen LogP contribution < -0.4 is 0 Å². The highest BCUT2D eigenvalue weighted by Crippen LogP contribution is 2.32. The first-order valence-corrected chi connectivity index (χ1v) is 7.01. The highest BCUT2D eigenvalue weighted by molar-refractivity contribution is 5.28. The molecule has 0 unspecified atom stereocenters. The van der Waals surface area contributed by atoms with Crippen LogP contribution in [0.1, 0.15) is 50.2 Å². The average Bonchev–Trinajstić information content (AvgIpc) is 2.36. The fourth-order valence-electron chi connectivity index (χ4n) is 2.96. The van der Waals surface area contributed by atoms with Crippen LogP contribution in [-0.2, 0) is 6.42 Å². The van der Waals surface area contributed by atoms with Crippen LogP contribution in [0.2, 0.25) is 0 Å². The Morgan fingerprint density at radius 1 is 1.11 bits per heavy atom. The number of halogens is 2. The van der Waals surface area contributed by atoms with Crippen LogP contribution in [0.15, 0.2) is 12.1 Å². The molecule has 1 aromatic carbocycles. The van der Waals surface area contributed by atoms with Gasteiger partial charge in [-0.2, -0.15) is 0 Å². The van der Waals surface area contributed by atoms with Gasteiger partial charge in [0.05, 0.1) is 0 Å². The molecule has 2 rings (SSSR count). The third-order valence-corrected chi connectivity index (χ3v) is 4.37. The van der Waals surface area contributed by atoms with Gasteiger partial charge in [-0.3, -0.25) is 0 Å². The van der Waals surface area contributed by atoms with E-state index < -0.39 is 11.6 Å². The van der Waals surface area contributed by atoms with Crippen molar-refractivity contribution in [2.75, 3.05) is 0 Å². The molecule has 2 heteroatoms. The van der Waals surface area contributed by atoms with Crippen LogP contribution in [0, 0.1) is 30.4 Å². The second-order valence-corrected chi connectivity index (χ2v) is 5.82. The highest BCUT2D eigenvalue weighted by atomic mass is 19.2. The SMILES string of the molecule is Cc1ccc(F)c(F)c1CCC1CCC(C)CC1. The van der Waals surface area contributed by atoms with Gasteiger partial charge in [0.1, 0.15) is 0 Å². The number of hydrogen-bond acceptors (Lipinski definition) is 0. The van der Waals surface area contributed by atoms with Crippen molar-refractivity contribution in [1.29, 1.82) is 0 Å². The molecular weight excluding hydrogens is 230 g/mol. The summed E-state index contributed by atoms with van der Waals surface area (Å²) in [5, 5.41) is 0. The van der Waals surface area contributed by atoms with Crippen LogP contribution in [0.25, 0.3) is 0 Å². The molecule has 1 saturated carbocycles. The van der Waals surface area contributed by atoms with Crippen molar-refractivity contribution in [3.8, 4) is 0 Å². The van der Waals surface area contributed by atoms with Crippen LogP contribution in [0.3, 0.4) is 0 Å². The lowest BCUT2D eigenvalue weighted by molar-refractivity contribution is 0.277. The van der Waals surface area contributed by atoms with E-state index in [1.54, 1.807) is 6.07 Å². The summed E-state index contributed by atoms with van der Waals surface area (Å²) < 4.78 is 26.9. The number of hydrogen-bond donors (Lipinski definition) is 0. The van der Waals surface area contributed by atoms with Crippen molar-refractivity contribution in [1.82, 2.24) is 0 Å². The smallest absolute Gasteiger partial charge is 0.162 e. The third-order valence-electron chi connectivity index (χ3n) is 4.37. The van der Waals surface area contributed by atoms with Gasteiger partial charge in [0, 0.05) is 0 Å². The number of aryl methyl sites for hydroxylation is 1. The third kappa shape index (κ3) is 3.09. The summed E-state index contributed by atoms with van der Waals surface area (Å²) in [6, 6.07) is 2.90. The maximum atomic E-state index is 13.7. The minimum absolute atomic E-state index is 0.577. The zero-order chi connectivity index (χ0) is 13.1. The Balaban J connectivity index is 1.96. The summed E-state index contributed by atoms with van der Waals surface area (Å²) in [6.07, 6.45) is 6.74. The van der Waals surface area contributed by atoms with Crippen LogP contribution >= 0.6 is 0 Å². The van der Waals surface area contributed by atoms with Crippen LogP contribution in [-0.4, -0.2) is 0 Å². The summed E-state index contributed by atoms with van der Waals surface area (Å²) in [7, 11) is 0. The lowest BCUT2D eigenvalue weighted by Crippen LogP contribution is -2.13. The first-order valence-electron chi connectivity index (χ1n) is 7.01. The monoisotopic (exact) mass is 252 g/mol. The summed E-state index contributed by atoms with van der Waals surface area (Å²) in [5.41, 5.74) is 1.45. The van der Waals surface area contributed by atoms with Crippen molar-refractivity contribution in [2.24, 2.45) is 11.8 Å². The van der Waals surface area contributed by atoms with Gasteiger partial charge in [0.25, 0.3) is 0 Å².